The van der Waals surface area contributed by atoms with Gasteiger partial charge in [0.05, 0.1) is 0 Å². The average molecular weight is 213 g/mol. The molecule has 1 aliphatic carbocycles. The van der Waals surface area contributed by atoms with E-state index in [2.05, 4.69) is 12.2 Å². The molecule has 88 valence electrons. The molecule has 0 bridgehead atoms. The number of hydrogen-bond donors (Lipinski definition) is 2. The Hall–Kier alpha value is -0.570. The standard InChI is InChI=1S/C12H23NO2/c1-3-11(12(14)15)13-9(2)10-7-5-4-6-8-10/h9-11,13H,3-8H2,1-2H3,(H,14,15)/t9-,11?/m0/s1. The topological polar surface area (TPSA) is 49.3 Å². The molecule has 2 atom stereocenters. The fourth-order valence-corrected chi connectivity index (χ4v) is 2.45. The van der Waals surface area contributed by atoms with E-state index in [-0.39, 0.29) is 6.04 Å². The van der Waals surface area contributed by atoms with E-state index in [1.165, 1.54) is 32.1 Å². The van der Waals surface area contributed by atoms with E-state index in [4.69, 9.17) is 5.11 Å². The van der Waals surface area contributed by atoms with Crippen LogP contribution in [0.25, 0.3) is 0 Å². The molecule has 1 rings (SSSR count). The molecule has 1 fully saturated rings. The normalized spacial score (nSPS) is 22.3. The number of hydrogen-bond acceptors (Lipinski definition) is 2. The first kappa shape index (κ1) is 12.5. The van der Waals surface area contributed by atoms with Crippen molar-refractivity contribution in [3.8, 4) is 0 Å². The lowest BCUT2D eigenvalue weighted by Crippen LogP contribution is -2.45. The van der Waals surface area contributed by atoms with Gasteiger partial charge in [0.25, 0.3) is 0 Å². The van der Waals surface area contributed by atoms with Crippen LogP contribution in [0.2, 0.25) is 0 Å². The zero-order chi connectivity index (χ0) is 11.3. The smallest absolute Gasteiger partial charge is 0.320 e. The Morgan fingerprint density at radius 2 is 2.00 bits per heavy atom. The molecule has 1 unspecified atom stereocenters. The van der Waals surface area contributed by atoms with E-state index >= 15 is 0 Å². The zero-order valence-corrected chi connectivity index (χ0v) is 9.83. The van der Waals surface area contributed by atoms with E-state index in [9.17, 15) is 4.79 Å². The Morgan fingerprint density at radius 1 is 1.40 bits per heavy atom. The predicted octanol–water partition coefficient (Wildman–Crippen LogP) is 2.41. The first-order valence-corrected chi connectivity index (χ1v) is 6.14. The lowest BCUT2D eigenvalue weighted by Gasteiger charge is -2.30. The summed E-state index contributed by atoms with van der Waals surface area (Å²) in [6.07, 6.45) is 7.13. The summed E-state index contributed by atoms with van der Waals surface area (Å²) in [5.74, 6) is -0.0488. The molecule has 0 aliphatic heterocycles. The molecule has 0 radical (unpaired) electrons. The number of aliphatic carboxylic acids is 1. The fraction of sp³-hybridized carbons (Fsp3) is 0.917. The number of carbonyl (C=O) groups is 1. The Morgan fingerprint density at radius 3 is 2.47 bits per heavy atom. The van der Waals surface area contributed by atoms with Crippen LogP contribution in [-0.4, -0.2) is 23.2 Å². The molecule has 0 spiro atoms. The van der Waals surface area contributed by atoms with Crippen LogP contribution >= 0.6 is 0 Å². The minimum absolute atomic E-state index is 0.339. The van der Waals surface area contributed by atoms with Crippen LogP contribution in [0.5, 0.6) is 0 Å². The SMILES string of the molecule is CCC(N[C@@H](C)C1CCCCC1)C(=O)O. The van der Waals surface area contributed by atoms with Crippen LogP contribution in [0.4, 0.5) is 0 Å². The molecule has 0 aromatic rings. The van der Waals surface area contributed by atoms with Gasteiger partial charge < -0.3 is 10.4 Å². The first-order chi connectivity index (χ1) is 7.15. The van der Waals surface area contributed by atoms with Crippen molar-refractivity contribution >= 4 is 5.97 Å². The van der Waals surface area contributed by atoms with E-state index in [0.29, 0.717) is 18.4 Å². The molecule has 3 nitrogen and oxygen atoms in total. The van der Waals surface area contributed by atoms with Crippen molar-refractivity contribution in [1.29, 1.82) is 0 Å². The molecule has 1 saturated carbocycles. The molecular weight excluding hydrogens is 190 g/mol. The van der Waals surface area contributed by atoms with E-state index < -0.39 is 5.97 Å². The highest BCUT2D eigenvalue weighted by atomic mass is 16.4. The number of carboxylic acid groups (broad SMARTS) is 1. The first-order valence-electron chi connectivity index (χ1n) is 6.14. The largest absolute Gasteiger partial charge is 0.480 e. The van der Waals surface area contributed by atoms with Gasteiger partial charge in [-0.1, -0.05) is 26.2 Å². The molecule has 0 aromatic heterocycles. The lowest BCUT2D eigenvalue weighted by molar-refractivity contribution is -0.139. The average Bonchev–Trinajstić information content (AvgIpc) is 2.26. The number of rotatable bonds is 5. The van der Waals surface area contributed by atoms with Gasteiger partial charge in [0, 0.05) is 6.04 Å². The molecule has 0 heterocycles. The summed E-state index contributed by atoms with van der Waals surface area (Å²) in [6.45, 7) is 4.04. The zero-order valence-electron chi connectivity index (χ0n) is 9.83. The van der Waals surface area contributed by atoms with Crippen molar-refractivity contribution in [2.45, 2.75) is 64.5 Å². The number of carboxylic acids is 1. The van der Waals surface area contributed by atoms with Gasteiger partial charge in [-0.05, 0) is 32.1 Å². The minimum Gasteiger partial charge on any atom is -0.480 e. The summed E-state index contributed by atoms with van der Waals surface area (Å²) < 4.78 is 0. The van der Waals surface area contributed by atoms with Gasteiger partial charge in [-0.3, -0.25) is 4.79 Å². The van der Waals surface area contributed by atoms with Crippen LogP contribution in [0.1, 0.15) is 52.4 Å². The predicted molar refractivity (Wildman–Crippen MR) is 60.9 cm³/mol. The van der Waals surface area contributed by atoms with Crippen molar-refractivity contribution < 1.29 is 9.90 Å². The maximum absolute atomic E-state index is 10.9. The summed E-state index contributed by atoms with van der Waals surface area (Å²) in [5.41, 5.74) is 0. The van der Waals surface area contributed by atoms with Crippen molar-refractivity contribution in [1.82, 2.24) is 5.32 Å². The van der Waals surface area contributed by atoms with Crippen LogP contribution in [0.15, 0.2) is 0 Å². The maximum Gasteiger partial charge on any atom is 0.320 e. The summed E-state index contributed by atoms with van der Waals surface area (Å²) >= 11 is 0. The molecule has 3 heteroatoms. The molecule has 0 saturated heterocycles. The van der Waals surface area contributed by atoms with Crippen LogP contribution in [0.3, 0.4) is 0 Å². The van der Waals surface area contributed by atoms with Gasteiger partial charge in [0.2, 0.25) is 0 Å². The van der Waals surface area contributed by atoms with Crippen molar-refractivity contribution in [2.24, 2.45) is 5.92 Å². The number of nitrogens with one attached hydrogen (secondary N) is 1. The van der Waals surface area contributed by atoms with Crippen LogP contribution < -0.4 is 5.32 Å². The van der Waals surface area contributed by atoms with Gasteiger partial charge in [0.1, 0.15) is 6.04 Å². The lowest BCUT2D eigenvalue weighted by atomic mass is 9.84. The van der Waals surface area contributed by atoms with E-state index in [1.807, 2.05) is 6.92 Å². The summed E-state index contributed by atoms with van der Waals surface area (Å²) in [7, 11) is 0. The summed E-state index contributed by atoms with van der Waals surface area (Å²) in [4.78, 5) is 10.9. The van der Waals surface area contributed by atoms with Crippen LogP contribution in [-0.2, 0) is 4.79 Å². The summed E-state index contributed by atoms with van der Waals surface area (Å²) in [6, 6.07) is -0.0340. The Kier molecular flexibility index (Phi) is 5.09. The highest BCUT2D eigenvalue weighted by molar-refractivity contribution is 5.73. The fourth-order valence-electron chi connectivity index (χ4n) is 2.45. The Labute approximate surface area is 92.3 Å². The monoisotopic (exact) mass is 213 g/mol. The van der Waals surface area contributed by atoms with Gasteiger partial charge in [-0.2, -0.15) is 0 Å². The maximum atomic E-state index is 10.9. The molecule has 15 heavy (non-hydrogen) atoms. The van der Waals surface area contributed by atoms with Gasteiger partial charge in [-0.25, -0.2) is 0 Å². The quantitative estimate of drug-likeness (QED) is 0.737. The third kappa shape index (κ3) is 3.82. The molecule has 1 aliphatic rings. The van der Waals surface area contributed by atoms with Crippen LogP contribution in [0, 0.1) is 5.92 Å². The van der Waals surface area contributed by atoms with Gasteiger partial charge in [0.15, 0.2) is 0 Å². The minimum atomic E-state index is -0.722. The Balaban J connectivity index is 2.38. The van der Waals surface area contributed by atoms with E-state index in [1.54, 1.807) is 0 Å². The molecule has 2 N–H and O–H groups in total. The molecular formula is C12H23NO2. The second-order valence-electron chi connectivity index (χ2n) is 4.65. The Bertz CT molecular complexity index is 200. The van der Waals surface area contributed by atoms with E-state index in [0.717, 1.165) is 0 Å². The van der Waals surface area contributed by atoms with Gasteiger partial charge >= 0.3 is 5.97 Å². The van der Waals surface area contributed by atoms with Crippen molar-refractivity contribution in [3.63, 3.8) is 0 Å². The second kappa shape index (κ2) is 6.11. The highest BCUT2D eigenvalue weighted by Gasteiger charge is 2.24. The molecule has 0 aromatic carbocycles. The second-order valence-corrected chi connectivity index (χ2v) is 4.65. The highest BCUT2D eigenvalue weighted by Crippen LogP contribution is 2.26. The third-order valence-corrected chi connectivity index (χ3v) is 3.53. The third-order valence-electron chi connectivity index (χ3n) is 3.53. The van der Waals surface area contributed by atoms with Crippen molar-refractivity contribution in [2.75, 3.05) is 0 Å². The van der Waals surface area contributed by atoms with Gasteiger partial charge in [-0.15, -0.1) is 0 Å². The van der Waals surface area contributed by atoms with Crippen molar-refractivity contribution in [3.05, 3.63) is 0 Å². The molecule has 0 amide bonds. The summed E-state index contributed by atoms with van der Waals surface area (Å²) in [5, 5.41) is 12.2.